The maximum absolute atomic E-state index is 4.97. The molecule has 0 aromatic carbocycles. The Morgan fingerprint density at radius 2 is 2.33 bits per heavy atom. The summed E-state index contributed by atoms with van der Waals surface area (Å²) in [6.07, 6.45) is 3.75. The minimum Gasteiger partial charge on any atom is -0.390 e. The van der Waals surface area contributed by atoms with E-state index in [1.807, 2.05) is 6.92 Å². The van der Waals surface area contributed by atoms with Gasteiger partial charge in [0.25, 0.3) is 0 Å². The topological polar surface area (TPSA) is 50.7 Å². The molecule has 3 nitrogen and oxygen atoms in total. The largest absolute Gasteiger partial charge is 0.390 e. The number of nitrogens with two attached hydrogens (primary N) is 1. The maximum atomic E-state index is 4.97. The van der Waals surface area contributed by atoms with Crippen LogP contribution in [0.5, 0.6) is 0 Å². The highest BCUT2D eigenvalue weighted by Gasteiger charge is 1.88. The summed E-state index contributed by atoms with van der Waals surface area (Å²) in [5, 5.41) is 0. The van der Waals surface area contributed by atoms with E-state index in [2.05, 4.69) is 16.9 Å². The van der Waals surface area contributed by atoms with Crippen LogP contribution in [0.4, 0.5) is 0 Å². The fourth-order valence-electron chi connectivity index (χ4n) is 0.296. The monoisotopic (exact) mass is 127 g/mol. The summed E-state index contributed by atoms with van der Waals surface area (Å²) in [5.74, 6) is 0. The highest BCUT2D eigenvalue weighted by Crippen LogP contribution is 1.91. The molecule has 0 fully saturated rings. The van der Waals surface area contributed by atoms with E-state index < -0.39 is 0 Å². The molecule has 0 heterocycles. The molecular weight excluding hydrogens is 114 g/mol. The Morgan fingerprint density at radius 1 is 1.67 bits per heavy atom. The first-order valence-electron chi connectivity index (χ1n) is 3.06. The molecule has 0 aliphatic carbocycles. The molecule has 0 aliphatic heterocycles. The highest BCUT2D eigenvalue weighted by atomic mass is 14.9. The fourth-order valence-corrected chi connectivity index (χ4v) is 0.296. The molecule has 2 N–H and O–H groups in total. The van der Waals surface area contributed by atoms with Gasteiger partial charge in [0.1, 0.15) is 6.34 Å². The van der Waals surface area contributed by atoms with Crippen molar-refractivity contribution < 1.29 is 0 Å². The lowest BCUT2D eigenvalue weighted by Gasteiger charge is -1.95. The Hall–Kier alpha value is -0.860. The lowest BCUT2D eigenvalue weighted by atomic mass is 10.3. The van der Waals surface area contributed by atoms with Crippen molar-refractivity contribution in [2.24, 2.45) is 15.7 Å². The molecule has 0 rings (SSSR count). The van der Waals surface area contributed by atoms with E-state index in [0.29, 0.717) is 6.04 Å². The van der Waals surface area contributed by atoms with E-state index in [4.69, 9.17) is 5.73 Å². The molecular formula is C6H13N3. The number of nitrogens with zero attached hydrogens (tertiary/aromatic N) is 2. The van der Waals surface area contributed by atoms with Crippen LogP contribution in [-0.4, -0.2) is 18.7 Å². The van der Waals surface area contributed by atoms with Gasteiger partial charge in [-0.25, -0.2) is 4.99 Å². The van der Waals surface area contributed by atoms with Crippen LogP contribution < -0.4 is 5.73 Å². The molecule has 1 unspecified atom stereocenters. The summed E-state index contributed by atoms with van der Waals surface area (Å²) in [4.78, 5) is 7.65. The predicted molar refractivity (Wildman–Crippen MR) is 40.9 cm³/mol. The first kappa shape index (κ1) is 8.14. The second kappa shape index (κ2) is 5.28. The SMILES string of the molecule is CCC(C)/N=C\N=C/N. The van der Waals surface area contributed by atoms with Crippen molar-refractivity contribution in [3.8, 4) is 0 Å². The average Bonchev–Trinajstić information content (AvgIpc) is 1.89. The predicted octanol–water partition coefficient (Wildman–Crippen LogP) is 0.800. The lowest BCUT2D eigenvalue weighted by Crippen LogP contribution is -1.94. The smallest absolute Gasteiger partial charge is 0.111 e. The standard InChI is InChI=1S/C6H13N3/c1-3-6(2)9-5-8-4-7/h4-6H,3H2,1-2H3,(H2,7,8,9). The molecule has 0 saturated heterocycles. The van der Waals surface area contributed by atoms with Crippen LogP contribution in [0.2, 0.25) is 0 Å². The van der Waals surface area contributed by atoms with Gasteiger partial charge in [0, 0.05) is 6.04 Å². The highest BCUT2D eigenvalue weighted by molar-refractivity contribution is 5.69. The quantitative estimate of drug-likeness (QED) is 0.442. The molecule has 0 aromatic rings. The van der Waals surface area contributed by atoms with Crippen LogP contribution in [0.3, 0.4) is 0 Å². The van der Waals surface area contributed by atoms with Crippen molar-refractivity contribution in [3.05, 3.63) is 0 Å². The van der Waals surface area contributed by atoms with Crippen LogP contribution in [0, 0.1) is 0 Å². The van der Waals surface area contributed by atoms with Crippen molar-refractivity contribution in [1.82, 2.24) is 0 Å². The molecule has 0 amide bonds. The summed E-state index contributed by atoms with van der Waals surface area (Å²) < 4.78 is 0. The lowest BCUT2D eigenvalue weighted by molar-refractivity contribution is 0.719. The third-order valence-electron chi connectivity index (χ3n) is 1.06. The average molecular weight is 127 g/mol. The van der Waals surface area contributed by atoms with Crippen LogP contribution in [-0.2, 0) is 0 Å². The van der Waals surface area contributed by atoms with Gasteiger partial charge in [-0.15, -0.1) is 0 Å². The van der Waals surface area contributed by atoms with Crippen molar-refractivity contribution in [2.75, 3.05) is 0 Å². The summed E-state index contributed by atoms with van der Waals surface area (Å²) >= 11 is 0. The summed E-state index contributed by atoms with van der Waals surface area (Å²) in [5.41, 5.74) is 4.97. The number of hydrogen-bond donors (Lipinski definition) is 1. The molecule has 0 aromatic heterocycles. The summed E-state index contributed by atoms with van der Waals surface area (Å²) in [6.45, 7) is 4.11. The minimum atomic E-state index is 0.355. The second-order valence-electron chi connectivity index (χ2n) is 1.82. The second-order valence-corrected chi connectivity index (χ2v) is 1.82. The molecule has 52 valence electrons. The van der Waals surface area contributed by atoms with E-state index in [1.165, 1.54) is 12.7 Å². The number of aliphatic imine (C=N–C) groups is 2. The van der Waals surface area contributed by atoms with Gasteiger partial charge in [0.05, 0.1) is 6.34 Å². The van der Waals surface area contributed by atoms with Crippen molar-refractivity contribution in [1.29, 1.82) is 0 Å². The third kappa shape index (κ3) is 5.00. The zero-order valence-electron chi connectivity index (χ0n) is 5.91. The van der Waals surface area contributed by atoms with Gasteiger partial charge in [-0.1, -0.05) is 6.92 Å². The van der Waals surface area contributed by atoms with E-state index in [1.54, 1.807) is 0 Å². The van der Waals surface area contributed by atoms with Gasteiger partial charge in [-0.05, 0) is 13.3 Å². The van der Waals surface area contributed by atoms with Gasteiger partial charge in [0.15, 0.2) is 0 Å². The minimum absolute atomic E-state index is 0.355. The first-order chi connectivity index (χ1) is 4.31. The molecule has 9 heavy (non-hydrogen) atoms. The number of rotatable bonds is 3. The normalized spacial score (nSPS) is 15.3. The molecule has 0 aliphatic rings. The van der Waals surface area contributed by atoms with Crippen molar-refractivity contribution >= 4 is 12.7 Å². The summed E-state index contributed by atoms with van der Waals surface area (Å²) in [6, 6.07) is 0.355. The van der Waals surface area contributed by atoms with E-state index in [-0.39, 0.29) is 0 Å². The van der Waals surface area contributed by atoms with Gasteiger partial charge in [-0.2, -0.15) is 0 Å². The number of hydrogen-bond acceptors (Lipinski definition) is 1. The molecule has 0 spiro atoms. The molecule has 3 heteroatoms. The van der Waals surface area contributed by atoms with Crippen molar-refractivity contribution in [2.45, 2.75) is 26.3 Å². The van der Waals surface area contributed by atoms with E-state index in [9.17, 15) is 0 Å². The van der Waals surface area contributed by atoms with Crippen LogP contribution in [0.1, 0.15) is 20.3 Å². The zero-order chi connectivity index (χ0) is 7.11. The van der Waals surface area contributed by atoms with Gasteiger partial charge < -0.3 is 5.73 Å². The van der Waals surface area contributed by atoms with Gasteiger partial charge in [-0.3, -0.25) is 4.99 Å². The van der Waals surface area contributed by atoms with Gasteiger partial charge >= 0.3 is 0 Å². The molecule has 1 atom stereocenters. The van der Waals surface area contributed by atoms with Crippen molar-refractivity contribution in [3.63, 3.8) is 0 Å². The fraction of sp³-hybridized carbons (Fsp3) is 0.667. The summed E-state index contributed by atoms with van der Waals surface area (Å²) in [7, 11) is 0. The van der Waals surface area contributed by atoms with Crippen LogP contribution in [0.25, 0.3) is 0 Å². The Balaban J connectivity index is 3.43. The van der Waals surface area contributed by atoms with E-state index in [0.717, 1.165) is 6.42 Å². The molecule has 0 saturated carbocycles. The molecule has 0 radical (unpaired) electrons. The first-order valence-corrected chi connectivity index (χ1v) is 3.06. The Morgan fingerprint density at radius 3 is 2.78 bits per heavy atom. The molecule has 0 bridgehead atoms. The van der Waals surface area contributed by atoms with Gasteiger partial charge in [0.2, 0.25) is 0 Å². The zero-order valence-corrected chi connectivity index (χ0v) is 5.91. The third-order valence-corrected chi connectivity index (χ3v) is 1.06. The van der Waals surface area contributed by atoms with E-state index >= 15 is 0 Å². The van der Waals surface area contributed by atoms with Crippen LogP contribution in [0.15, 0.2) is 9.98 Å². The Bertz CT molecular complexity index is 107. The Kier molecular flexibility index (Phi) is 4.78. The Labute approximate surface area is 55.7 Å². The maximum Gasteiger partial charge on any atom is 0.111 e. The van der Waals surface area contributed by atoms with Crippen LogP contribution >= 0.6 is 0 Å².